The van der Waals surface area contributed by atoms with Gasteiger partial charge in [0.05, 0.1) is 22.7 Å². The van der Waals surface area contributed by atoms with E-state index in [1.807, 2.05) is 0 Å². The minimum atomic E-state index is -4.69. The molecule has 2 atom stereocenters. The summed E-state index contributed by atoms with van der Waals surface area (Å²) in [5.74, 6) is -0.713. The van der Waals surface area contributed by atoms with Crippen molar-refractivity contribution in [3.63, 3.8) is 0 Å². The molecule has 15 heteroatoms. The third kappa shape index (κ3) is 6.34. The summed E-state index contributed by atoms with van der Waals surface area (Å²) in [6, 6.07) is 14.2. The van der Waals surface area contributed by atoms with Gasteiger partial charge in [0, 0.05) is 27.5 Å². The number of carbonyl (C=O) groups excluding carboxylic acids is 1. The molecule has 9 nitrogen and oxygen atoms in total. The maximum atomic E-state index is 14.1. The first-order valence-electron chi connectivity index (χ1n) is 11.8. The molecule has 0 fully saturated rings. The van der Waals surface area contributed by atoms with Crippen molar-refractivity contribution >= 4 is 66.6 Å². The average Bonchev–Trinajstić information content (AvgIpc) is 3.25. The molecule has 0 bridgehead atoms. The number of halogens is 6. The summed E-state index contributed by atoms with van der Waals surface area (Å²) in [4.78, 5) is 24.0. The van der Waals surface area contributed by atoms with E-state index in [-0.39, 0.29) is 28.0 Å². The van der Waals surface area contributed by atoms with Crippen LogP contribution in [-0.2, 0) is 0 Å². The van der Waals surface area contributed by atoms with Gasteiger partial charge >= 0.3 is 6.18 Å². The number of alkyl halides is 3. The SMILES string of the molecule is O=C(Nc1cc(Oc2ccc(Br)cc2)cc([N+](=O)[O-])c1)c1nn2c(c1Cl)N[C@@H](c1ccc(Br)cc1)C[C@@H]2C(F)(F)F. The number of nitro benzene ring substituents is 1. The van der Waals surface area contributed by atoms with Crippen molar-refractivity contribution in [1.29, 1.82) is 0 Å². The zero-order valence-corrected chi connectivity index (χ0v) is 24.4. The number of benzene rings is 3. The van der Waals surface area contributed by atoms with E-state index >= 15 is 0 Å². The van der Waals surface area contributed by atoms with Gasteiger partial charge in [-0.15, -0.1) is 0 Å². The van der Waals surface area contributed by atoms with Crippen LogP contribution in [0.15, 0.2) is 75.7 Å². The molecule has 1 aliphatic heterocycles. The number of fused-ring (bicyclic) bond motifs is 1. The number of ether oxygens (including phenoxy) is 1. The van der Waals surface area contributed by atoms with Gasteiger partial charge in [-0.25, -0.2) is 4.68 Å². The Morgan fingerprint density at radius 3 is 2.32 bits per heavy atom. The second-order valence-electron chi connectivity index (χ2n) is 8.98. The van der Waals surface area contributed by atoms with Gasteiger partial charge in [-0.3, -0.25) is 14.9 Å². The van der Waals surface area contributed by atoms with Crippen LogP contribution in [0.3, 0.4) is 0 Å². The van der Waals surface area contributed by atoms with Gasteiger partial charge < -0.3 is 15.4 Å². The van der Waals surface area contributed by atoms with Crippen molar-refractivity contribution in [2.75, 3.05) is 10.6 Å². The Morgan fingerprint density at radius 2 is 1.71 bits per heavy atom. The monoisotopic (exact) mass is 713 g/mol. The molecule has 41 heavy (non-hydrogen) atoms. The summed E-state index contributed by atoms with van der Waals surface area (Å²) in [5.41, 5.74) is -0.332. The van der Waals surface area contributed by atoms with Crippen molar-refractivity contribution in [3.8, 4) is 11.5 Å². The van der Waals surface area contributed by atoms with E-state index in [1.165, 1.54) is 12.1 Å². The van der Waals surface area contributed by atoms with E-state index in [9.17, 15) is 28.1 Å². The van der Waals surface area contributed by atoms with Crippen LogP contribution in [0.1, 0.15) is 34.6 Å². The highest BCUT2D eigenvalue weighted by Gasteiger charge is 2.48. The van der Waals surface area contributed by atoms with Crippen LogP contribution >= 0.6 is 43.5 Å². The standard InChI is InChI=1S/C26H17Br2ClF3N5O4/c27-14-3-1-13(2-4-14)20-12-21(26(30,31)32)36-24(34-20)22(29)23(35-36)25(38)33-16-9-17(37(39)40)11-19(10-16)41-18-7-5-15(28)6-8-18/h1-11,20-21,34H,12H2,(H,33,38)/t20-,21-/m1/s1. The fourth-order valence-electron chi connectivity index (χ4n) is 4.30. The Hall–Kier alpha value is -3.62. The molecule has 3 aromatic carbocycles. The summed E-state index contributed by atoms with van der Waals surface area (Å²) in [5, 5.41) is 20.5. The highest BCUT2D eigenvalue weighted by Crippen LogP contribution is 2.46. The van der Waals surface area contributed by atoms with Gasteiger partial charge in [0.2, 0.25) is 0 Å². The number of amides is 1. The molecular formula is C26H17Br2ClF3N5O4. The van der Waals surface area contributed by atoms with Crippen molar-refractivity contribution in [3.05, 3.63) is 102 Å². The van der Waals surface area contributed by atoms with Crippen LogP contribution in [0.4, 0.5) is 30.4 Å². The molecule has 0 radical (unpaired) electrons. The summed E-state index contributed by atoms with van der Waals surface area (Å²) in [7, 11) is 0. The number of non-ortho nitro benzene ring substituents is 1. The molecule has 2 N–H and O–H groups in total. The van der Waals surface area contributed by atoms with Crippen LogP contribution < -0.4 is 15.4 Å². The molecule has 5 rings (SSSR count). The second kappa shape index (κ2) is 11.3. The van der Waals surface area contributed by atoms with Crippen molar-refractivity contribution < 1.29 is 27.6 Å². The van der Waals surface area contributed by atoms with E-state index in [0.717, 1.165) is 15.0 Å². The van der Waals surface area contributed by atoms with Crippen LogP contribution in [0, 0.1) is 10.1 Å². The predicted octanol–water partition coefficient (Wildman–Crippen LogP) is 8.67. The van der Waals surface area contributed by atoms with Crippen molar-refractivity contribution in [1.82, 2.24) is 9.78 Å². The minimum Gasteiger partial charge on any atom is -0.457 e. The molecule has 212 valence electrons. The Bertz CT molecular complexity index is 1630. The summed E-state index contributed by atoms with van der Waals surface area (Å²) >= 11 is 13.0. The van der Waals surface area contributed by atoms with E-state index in [2.05, 4.69) is 47.6 Å². The number of hydrogen-bond donors (Lipinski definition) is 2. The van der Waals surface area contributed by atoms with Gasteiger partial charge in [-0.1, -0.05) is 55.6 Å². The summed E-state index contributed by atoms with van der Waals surface area (Å²) in [6.45, 7) is 0. The lowest BCUT2D eigenvalue weighted by atomic mass is 9.97. The van der Waals surface area contributed by atoms with E-state index < -0.39 is 41.2 Å². The molecule has 1 amide bonds. The van der Waals surface area contributed by atoms with Gasteiger partial charge in [-0.05, 0) is 42.0 Å². The molecular weight excluding hydrogens is 699 g/mol. The van der Waals surface area contributed by atoms with Crippen LogP contribution in [-0.4, -0.2) is 26.8 Å². The number of nitro groups is 1. The van der Waals surface area contributed by atoms with E-state index in [1.54, 1.807) is 48.5 Å². The highest BCUT2D eigenvalue weighted by atomic mass is 79.9. The van der Waals surface area contributed by atoms with Crippen LogP contribution in [0.25, 0.3) is 0 Å². The molecule has 0 spiro atoms. The van der Waals surface area contributed by atoms with Gasteiger partial charge in [-0.2, -0.15) is 18.3 Å². The summed E-state index contributed by atoms with van der Waals surface area (Å²) < 4.78 is 50.2. The minimum absolute atomic E-state index is 0.0446. The number of nitrogens with zero attached hydrogens (tertiary/aromatic N) is 3. The first-order chi connectivity index (χ1) is 19.4. The molecule has 0 unspecified atom stereocenters. The van der Waals surface area contributed by atoms with Gasteiger partial charge in [0.15, 0.2) is 11.7 Å². The number of hydrogen-bond acceptors (Lipinski definition) is 6. The molecule has 4 aromatic rings. The molecule has 0 saturated carbocycles. The second-order valence-corrected chi connectivity index (χ2v) is 11.2. The highest BCUT2D eigenvalue weighted by molar-refractivity contribution is 9.10. The van der Waals surface area contributed by atoms with Crippen LogP contribution in [0.2, 0.25) is 5.02 Å². The van der Waals surface area contributed by atoms with Gasteiger partial charge in [0.1, 0.15) is 22.3 Å². The number of anilines is 2. The smallest absolute Gasteiger partial charge is 0.410 e. The Labute approximate surface area is 252 Å². The van der Waals surface area contributed by atoms with Crippen molar-refractivity contribution in [2.24, 2.45) is 0 Å². The topological polar surface area (TPSA) is 111 Å². The summed E-state index contributed by atoms with van der Waals surface area (Å²) in [6.07, 6.45) is -5.08. The Kier molecular flexibility index (Phi) is 7.99. The third-order valence-corrected chi connectivity index (χ3v) is 7.61. The zero-order chi connectivity index (χ0) is 29.5. The number of carbonyl (C=O) groups is 1. The maximum absolute atomic E-state index is 14.1. The normalized spacial score (nSPS) is 16.4. The lowest BCUT2D eigenvalue weighted by molar-refractivity contribution is -0.384. The predicted molar refractivity (Wildman–Crippen MR) is 153 cm³/mol. The number of aromatic nitrogens is 2. The Balaban J connectivity index is 1.45. The van der Waals surface area contributed by atoms with E-state index in [4.69, 9.17) is 16.3 Å². The first kappa shape index (κ1) is 28.9. The quantitative estimate of drug-likeness (QED) is 0.153. The fourth-order valence-corrected chi connectivity index (χ4v) is 5.09. The van der Waals surface area contributed by atoms with Crippen LogP contribution in [0.5, 0.6) is 11.5 Å². The molecule has 0 aliphatic carbocycles. The largest absolute Gasteiger partial charge is 0.457 e. The number of rotatable bonds is 6. The third-order valence-electron chi connectivity index (χ3n) is 6.19. The fraction of sp³-hybridized carbons (Fsp3) is 0.154. The Morgan fingerprint density at radius 1 is 1.07 bits per heavy atom. The maximum Gasteiger partial charge on any atom is 0.410 e. The average molecular weight is 716 g/mol. The van der Waals surface area contributed by atoms with Crippen molar-refractivity contribution in [2.45, 2.75) is 24.7 Å². The molecule has 0 saturated heterocycles. The molecule has 1 aromatic heterocycles. The lowest BCUT2D eigenvalue weighted by Crippen LogP contribution is -2.35. The lowest BCUT2D eigenvalue weighted by Gasteiger charge is -2.33. The molecule has 2 heterocycles. The number of nitrogens with one attached hydrogen (secondary N) is 2. The van der Waals surface area contributed by atoms with E-state index in [0.29, 0.717) is 16.0 Å². The molecule has 1 aliphatic rings. The van der Waals surface area contributed by atoms with Gasteiger partial charge in [0.25, 0.3) is 11.6 Å². The first-order valence-corrected chi connectivity index (χ1v) is 13.8. The zero-order valence-electron chi connectivity index (χ0n) is 20.5.